The van der Waals surface area contributed by atoms with Crippen LogP contribution in [-0.2, 0) is 9.53 Å². The van der Waals surface area contributed by atoms with Crippen molar-refractivity contribution in [3.05, 3.63) is 89.5 Å². The molecule has 0 aliphatic rings. The number of amides is 3. The Bertz CT molecular complexity index is 1060. The van der Waals surface area contributed by atoms with Gasteiger partial charge < -0.3 is 20.7 Å². The number of benzene rings is 3. The van der Waals surface area contributed by atoms with Crippen LogP contribution in [-0.4, -0.2) is 24.5 Å². The summed E-state index contributed by atoms with van der Waals surface area (Å²) in [4.78, 5) is 36.4. The van der Waals surface area contributed by atoms with Crippen molar-refractivity contribution in [1.82, 2.24) is 0 Å². The molecule has 0 aromatic heterocycles. The van der Waals surface area contributed by atoms with Crippen LogP contribution in [0.25, 0.3) is 0 Å². The lowest BCUT2D eigenvalue weighted by Gasteiger charge is -2.12. The van der Waals surface area contributed by atoms with Gasteiger partial charge in [0.2, 0.25) is 0 Å². The Morgan fingerprint density at radius 3 is 1.90 bits per heavy atom. The second kappa shape index (κ2) is 10.1. The summed E-state index contributed by atoms with van der Waals surface area (Å²) in [5, 5.41) is 8.15. The summed E-state index contributed by atoms with van der Waals surface area (Å²) in [7, 11) is 0. The van der Waals surface area contributed by atoms with E-state index in [1.54, 1.807) is 24.3 Å². The Hall–Kier alpha value is -4.13. The predicted molar refractivity (Wildman–Crippen MR) is 120 cm³/mol. The van der Waals surface area contributed by atoms with Crippen LogP contribution in [0.1, 0.15) is 21.5 Å². The summed E-state index contributed by atoms with van der Waals surface area (Å²) in [6.45, 7) is 3.39. The van der Waals surface area contributed by atoms with E-state index in [0.717, 1.165) is 11.1 Å². The van der Waals surface area contributed by atoms with Gasteiger partial charge in [0.1, 0.15) is 0 Å². The Kier molecular flexibility index (Phi) is 7.01. The number of urea groups is 1. The molecule has 3 aromatic rings. The van der Waals surface area contributed by atoms with Crippen LogP contribution in [0.4, 0.5) is 21.9 Å². The van der Waals surface area contributed by atoms with Gasteiger partial charge in [-0.3, -0.25) is 4.79 Å². The average molecular weight is 417 g/mol. The Labute approximate surface area is 180 Å². The molecule has 0 aliphatic heterocycles. The Balaban J connectivity index is 1.49. The fourth-order valence-corrected chi connectivity index (χ4v) is 2.91. The Morgan fingerprint density at radius 2 is 1.29 bits per heavy atom. The molecule has 0 unspecified atom stereocenters. The highest BCUT2D eigenvalue weighted by atomic mass is 16.5. The largest absolute Gasteiger partial charge is 0.452 e. The van der Waals surface area contributed by atoms with Crippen molar-refractivity contribution in [2.45, 2.75) is 13.8 Å². The van der Waals surface area contributed by atoms with Crippen molar-refractivity contribution in [3.63, 3.8) is 0 Å². The number of esters is 1. The van der Waals surface area contributed by atoms with Crippen molar-refractivity contribution < 1.29 is 19.1 Å². The highest BCUT2D eigenvalue weighted by Crippen LogP contribution is 2.19. The van der Waals surface area contributed by atoms with Gasteiger partial charge in [0.05, 0.1) is 5.56 Å². The minimum absolute atomic E-state index is 0.272. The third-order valence-electron chi connectivity index (χ3n) is 4.49. The van der Waals surface area contributed by atoms with E-state index >= 15 is 0 Å². The summed E-state index contributed by atoms with van der Waals surface area (Å²) in [6.07, 6.45) is 0. The molecule has 31 heavy (non-hydrogen) atoms. The molecule has 0 saturated carbocycles. The average Bonchev–Trinajstić information content (AvgIpc) is 2.76. The lowest BCUT2D eigenvalue weighted by atomic mass is 10.1. The number of anilines is 3. The van der Waals surface area contributed by atoms with Crippen LogP contribution in [0.3, 0.4) is 0 Å². The van der Waals surface area contributed by atoms with Crippen molar-refractivity contribution in [2.24, 2.45) is 0 Å². The molecular formula is C24H23N3O4. The van der Waals surface area contributed by atoms with Gasteiger partial charge in [-0.1, -0.05) is 36.4 Å². The number of carbonyl (C=O) groups excluding carboxylic acids is 3. The fraction of sp³-hybridized carbons (Fsp3) is 0.125. The van der Waals surface area contributed by atoms with Gasteiger partial charge in [0.15, 0.2) is 6.61 Å². The van der Waals surface area contributed by atoms with Crippen LogP contribution in [0, 0.1) is 13.8 Å². The summed E-state index contributed by atoms with van der Waals surface area (Å²) >= 11 is 0. The van der Waals surface area contributed by atoms with Crippen molar-refractivity contribution in [3.8, 4) is 0 Å². The molecule has 0 saturated heterocycles. The number of ether oxygens (including phenoxy) is 1. The maximum atomic E-state index is 12.2. The first-order valence-electron chi connectivity index (χ1n) is 9.68. The van der Waals surface area contributed by atoms with E-state index in [9.17, 15) is 14.4 Å². The molecule has 0 fully saturated rings. The first-order valence-corrected chi connectivity index (χ1v) is 9.68. The van der Waals surface area contributed by atoms with E-state index in [1.165, 1.54) is 12.1 Å². The maximum absolute atomic E-state index is 12.2. The van der Waals surface area contributed by atoms with E-state index in [-0.39, 0.29) is 5.56 Å². The lowest BCUT2D eigenvalue weighted by Crippen LogP contribution is -2.22. The van der Waals surface area contributed by atoms with Crippen molar-refractivity contribution >= 4 is 35.0 Å². The van der Waals surface area contributed by atoms with Crippen LogP contribution >= 0.6 is 0 Å². The van der Waals surface area contributed by atoms with Gasteiger partial charge in [-0.25, -0.2) is 9.59 Å². The number of hydrogen-bond donors (Lipinski definition) is 3. The zero-order valence-electron chi connectivity index (χ0n) is 17.3. The van der Waals surface area contributed by atoms with Gasteiger partial charge >= 0.3 is 12.0 Å². The van der Waals surface area contributed by atoms with Gasteiger partial charge in [-0.15, -0.1) is 0 Å². The van der Waals surface area contributed by atoms with Crippen molar-refractivity contribution in [2.75, 3.05) is 22.6 Å². The lowest BCUT2D eigenvalue weighted by molar-refractivity contribution is -0.119. The molecule has 0 heterocycles. The highest BCUT2D eigenvalue weighted by Gasteiger charge is 2.12. The van der Waals surface area contributed by atoms with Crippen molar-refractivity contribution in [1.29, 1.82) is 0 Å². The topological polar surface area (TPSA) is 96.5 Å². The first-order chi connectivity index (χ1) is 14.9. The number of aryl methyl sites for hydroxylation is 2. The molecule has 3 aromatic carbocycles. The third-order valence-corrected chi connectivity index (χ3v) is 4.49. The molecule has 0 spiro atoms. The molecule has 0 atom stereocenters. The number of carbonyl (C=O) groups is 3. The molecule has 0 aliphatic carbocycles. The van der Waals surface area contributed by atoms with Gasteiger partial charge in [-0.05, 0) is 61.4 Å². The van der Waals surface area contributed by atoms with Gasteiger partial charge in [-0.2, -0.15) is 0 Å². The number of hydrogen-bond acceptors (Lipinski definition) is 4. The molecular weight excluding hydrogens is 394 g/mol. The molecule has 7 heteroatoms. The first kappa shape index (κ1) is 21.6. The number of nitrogens with one attached hydrogen (secondary N) is 3. The minimum Gasteiger partial charge on any atom is -0.452 e. The molecule has 7 nitrogen and oxygen atoms in total. The normalized spacial score (nSPS) is 10.1. The van der Waals surface area contributed by atoms with E-state index in [0.29, 0.717) is 17.1 Å². The molecule has 3 N–H and O–H groups in total. The zero-order valence-corrected chi connectivity index (χ0v) is 17.3. The van der Waals surface area contributed by atoms with E-state index in [4.69, 9.17) is 4.74 Å². The van der Waals surface area contributed by atoms with E-state index in [1.807, 2.05) is 50.2 Å². The quantitative estimate of drug-likeness (QED) is 0.505. The van der Waals surface area contributed by atoms with Gasteiger partial charge in [0, 0.05) is 17.1 Å². The van der Waals surface area contributed by atoms with E-state index in [2.05, 4.69) is 16.0 Å². The van der Waals surface area contributed by atoms with Crippen LogP contribution in [0.5, 0.6) is 0 Å². The van der Waals surface area contributed by atoms with Crippen LogP contribution in [0.15, 0.2) is 72.8 Å². The summed E-state index contributed by atoms with van der Waals surface area (Å²) < 4.78 is 5.09. The molecule has 3 rings (SSSR count). The second-order valence-electron chi connectivity index (χ2n) is 6.91. The second-order valence-corrected chi connectivity index (χ2v) is 6.91. The number of para-hydroxylation sites is 2. The fourth-order valence-electron chi connectivity index (χ4n) is 2.91. The van der Waals surface area contributed by atoms with Gasteiger partial charge in [0.25, 0.3) is 5.91 Å². The van der Waals surface area contributed by atoms with Crippen LogP contribution in [0.2, 0.25) is 0 Å². The summed E-state index contributed by atoms with van der Waals surface area (Å²) in [5.74, 6) is -1.04. The standard InChI is InChI=1S/C24H23N3O4/c1-16-7-6-8-17(2)22(16)27-21(28)15-31-23(29)18-11-13-20(14-12-18)26-24(30)25-19-9-4-3-5-10-19/h3-14H,15H2,1-2H3,(H,27,28)(H2,25,26,30). The van der Waals surface area contributed by atoms with E-state index < -0.39 is 24.5 Å². The minimum atomic E-state index is -0.628. The molecule has 3 amide bonds. The highest BCUT2D eigenvalue weighted by molar-refractivity contribution is 6.00. The molecule has 158 valence electrons. The maximum Gasteiger partial charge on any atom is 0.338 e. The van der Waals surface area contributed by atoms with Crippen LogP contribution < -0.4 is 16.0 Å². The number of rotatable bonds is 6. The monoisotopic (exact) mass is 417 g/mol. The summed E-state index contributed by atoms with van der Waals surface area (Å²) in [6, 6.07) is 20.5. The third kappa shape index (κ3) is 6.17. The summed E-state index contributed by atoms with van der Waals surface area (Å²) in [5.41, 5.74) is 4.02. The smallest absolute Gasteiger partial charge is 0.338 e. The molecule has 0 radical (unpaired) electrons. The zero-order chi connectivity index (χ0) is 22.2. The predicted octanol–water partition coefficient (Wildman–Crippen LogP) is 4.74. The SMILES string of the molecule is Cc1cccc(C)c1NC(=O)COC(=O)c1ccc(NC(=O)Nc2ccccc2)cc1. The molecule has 0 bridgehead atoms. The Morgan fingerprint density at radius 1 is 0.710 bits per heavy atom.